The van der Waals surface area contributed by atoms with Crippen LogP contribution in [0.1, 0.15) is 34.9 Å². The number of aryl methyl sites for hydroxylation is 1. The summed E-state index contributed by atoms with van der Waals surface area (Å²) in [5, 5.41) is 7.83. The Labute approximate surface area is 161 Å². The molecule has 3 aromatic rings. The average Bonchev–Trinajstić information content (AvgIpc) is 3.47. The number of benzene rings is 1. The number of hydrogen-bond donors (Lipinski definition) is 1. The largest absolute Gasteiger partial charge is 0.368 e. The van der Waals surface area contributed by atoms with Gasteiger partial charge in [-0.15, -0.1) is 0 Å². The minimum absolute atomic E-state index is 0.00789. The van der Waals surface area contributed by atoms with Crippen LogP contribution in [0, 0.1) is 0 Å². The zero-order valence-electron chi connectivity index (χ0n) is 15.8. The molecule has 0 bridgehead atoms. The van der Waals surface area contributed by atoms with Crippen molar-refractivity contribution in [2.24, 2.45) is 7.05 Å². The van der Waals surface area contributed by atoms with Gasteiger partial charge in [0, 0.05) is 50.5 Å². The van der Waals surface area contributed by atoms with Crippen molar-refractivity contribution in [1.82, 2.24) is 24.6 Å². The van der Waals surface area contributed by atoms with Gasteiger partial charge in [0.1, 0.15) is 5.69 Å². The fourth-order valence-electron chi connectivity index (χ4n) is 3.78. The highest BCUT2D eigenvalue weighted by atomic mass is 16.2. The lowest BCUT2D eigenvalue weighted by Crippen LogP contribution is -2.48. The van der Waals surface area contributed by atoms with E-state index in [-0.39, 0.29) is 11.5 Å². The number of piperazine rings is 1. The van der Waals surface area contributed by atoms with Crippen molar-refractivity contribution in [2.45, 2.75) is 18.8 Å². The summed E-state index contributed by atoms with van der Waals surface area (Å²) in [6.45, 7) is 2.77. The molecule has 2 aliphatic rings. The number of amides is 1. The molecule has 2 aromatic heterocycles. The van der Waals surface area contributed by atoms with Crippen LogP contribution in [0.2, 0.25) is 0 Å². The van der Waals surface area contributed by atoms with Gasteiger partial charge in [0.25, 0.3) is 11.5 Å². The molecule has 0 spiro atoms. The summed E-state index contributed by atoms with van der Waals surface area (Å²) in [6.07, 6.45) is 3.91. The monoisotopic (exact) mass is 378 g/mol. The van der Waals surface area contributed by atoms with Crippen LogP contribution in [0.25, 0.3) is 10.9 Å². The maximum atomic E-state index is 12.7. The number of nitrogens with zero attached hydrogens (tertiary/aromatic N) is 5. The van der Waals surface area contributed by atoms with Gasteiger partial charge in [0.2, 0.25) is 0 Å². The molecule has 1 amide bonds. The summed E-state index contributed by atoms with van der Waals surface area (Å²) in [4.78, 5) is 33.3. The Morgan fingerprint density at radius 3 is 2.68 bits per heavy atom. The van der Waals surface area contributed by atoms with E-state index in [1.807, 2.05) is 29.2 Å². The first kappa shape index (κ1) is 17.0. The zero-order valence-corrected chi connectivity index (χ0v) is 15.8. The second-order valence-electron chi connectivity index (χ2n) is 7.62. The van der Waals surface area contributed by atoms with Gasteiger partial charge >= 0.3 is 0 Å². The van der Waals surface area contributed by atoms with E-state index in [4.69, 9.17) is 0 Å². The second kappa shape index (κ2) is 6.47. The van der Waals surface area contributed by atoms with Gasteiger partial charge in [-0.2, -0.15) is 5.10 Å². The smallest absolute Gasteiger partial charge is 0.274 e. The van der Waals surface area contributed by atoms with E-state index < -0.39 is 0 Å². The molecule has 1 saturated carbocycles. The lowest BCUT2D eigenvalue weighted by molar-refractivity contribution is 0.0741. The van der Waals surface area contributed by atoms with E-state index in [0.717, 1.165) is 24.5 Å². The molecule has 2 fully saturated rings. The van der Waals surface area contributed by atoms with Crippen LogP contribution in [0.4, 0.5) is 5.69 Å². The number of rotatable bonds is 3. The van der Waals surface area contributed by atoms with E-state index in [0.29, 0.717) is 35.6 Å². The summed E-state index contributed by atoms with van der Waals surface area (Å²) < 4.78 is 1.48. The number of aromatic nitrogens is 4. The van der Waals surface area contributed by atoms with Crippen molar-refractivity contribution in [1.29, 1.82) is 0 Å². The third-order valence-corrected chi connectivity index (χ3v) is 5.67. The molecule has 8 heteroatoms. The van der Waals surface area contributed by atoms with Crippen LogP contribution in [0.15, 0.2) is 35.4 Å². The summed E-state index contributed by atoms with van der Waals surface area (Å²) in [5.41, 5.74) is 3.27. The average molecular weight is 378 g/mol. The highest BCUT2D eigenvalue weighted by molar-refractivity contribution is 5.92. The quantitative estimate of drug-likeness (QED) is 0.746. The van der Waals surface area contributed by atoms with E-state index in [1.54, 1.807) is 13.4 Å². The van der Waals surface area contributed by atoms with Crippen LogP contribution in [-0.2, 0) is 7.05 Å². The van der Waals surface area contributed by atoms with E-state index in [2.05, 4.69) is 20.1 Å². The van der Waals surface area contributed by atoms with Crippen molar-refractivity contribution >= 4 is 22.5 Å². The number of hydrogen-bond acceptors (Lipinski definition) is 5. The van der Waals surface area contributed by atoms with Gasteiger partial charge in [0.15, 0.2) is 0 Å². The van der Waals surface area contributed by atoms with Gasteiger partial charge in [-0.3, -0.25) is 14.7 Å². The third kappa shape index (κ3) is 2.94. The number of carbonyl (C=O) groups is 1. The van der Waals surface area contributed by atoms with Gasteiger partial charge in [0.05, 0.1) is 17.2 Å². The lowest BCUT2D eigenvalue weighted by Gasteiger charge is -2.35. The first-order chi connectivity index (χ1) is 13.6. The molecular formula is C20H22N6O2. The SMILES string of the molecule is Cn1cnc2cc(N3CCN(C(=O)c4cc(C5CC5)[nH]n4)CC3)ccc2c1=O. The fraction of sp³-hybridized carbons (Fsp3) is 0.400. The summed E-state index contributed by atoms with van der Waals surface area (Å²) in [7, 11) is 1.70. The molecule has 8 nitrogen and oxygen atoms in total. The molecule has 1 aromatic carbocycles. The Morgan fingerprint density at radius 1 is 1.14 bits per heavy atom. The third-order valence-electron chi connectivity index (χ3n) is 5.67. The van der Waals surface area contributed by atoms with Gasteiger partial charge < -0.3 is 14.4 Å². The standard InChI is InChI=1S/C20H22N6O2/c1-24-12-21-17-10-14(4-5-15(17)19(24)27)25-6-8-26(9-7-25)20(28)18-11-16(22-23-18)13-2-3-13/h4-5,10-13H,2-3,6-9H2,1H3,(H,22,23). The molecule has 1 saturated heterocycles. The first-order valence-electron chi connectivity index (χ1n) is 9.65. The molecule has 0 radical (unpaired) electrons. The Balaban J connectivity index is 1.28. The number of aromatic amines is 1. The normalized spacial score (nSPS) is 17.3. The number of H-pyrrole nitrogens is 1. The van der Waals surface area contributed by atoms with Crippen molar-refractivity contribution in [3.63, 3.8) is 0 Å². The van der Waals surface area contributed by atoms with Crippen molar-refractivity contribution in [2.75, 3.05) is 31.1 Å². The number of anilines is 1. The number of nitrogens with one attached hydrogen (secondary N) is 1. The lowest BCUT2D eigenvalue weighted by atomic mass is 10.2. The van der Waals surface area contributed by atoms with Gasteiger partial charge in [-0.25, -0.2) is 4.98 Å². The summed E-state index contributed by atoms with van der Waals surface area (Å²) in [6, 6.07) is 7.64. The number of carbonyl (C=O) groups excluding carboxylic acids is 1. The van der Waals surface area contributed by atoms with Crippen molar-refractivity contribution in [3.05, 3.63) is 52.3 Å². The molecule has 1 aliphatic carbocycles. The van der Waals surface area contributed by atoms with Crippen LogP contribution in [0.3, 0.4) is 0 Å². The molecular weight excluding hydrogens is 356 g/mol. The topological polar surface area (TPSA) is 87.1 Å². The van der Waals surface area contributed by atoms with Crippen LogP contribution in [0.5, 0.6) is 0 Å². The highest BCUT2D eigenvalue weighted by Gasteiger charge is 2.28. The Hall–Kier alpha value is -3.16. The zero-order chi connectivity index (χ0) is 19.3. The van der Waals surface area contributed by atoms with E-state index >= 15 is 0 Å². The predicted molar refractivity (Wildman–Crippen MR) is 106 cm³/mol. The molecule has 1 aliphatic heterocycles. The summed E-state index contributed by atoms with van der Waals surface area (Å²) in [5.74, 6) is 0.552. The second-order valence-corrected chi connectivity index (χ2v) is 7.62. The minimum Gasteiger partial charge on any atom is -0.368 e. The molecule has 144 valence electrons. The Kier molecular flexibility index (Phi) is 3.92. The molecule has 0 unspecified atom stereocenters. The van der Waals surface area contributed by atoms with Gasteiger partial charge in [-0.1, -0.05) is 0 Å². The Morgan fingerprint density at radius 2 is 1.93 bits per heavy atom. The molecule has 3 heterocycles. The van der Waals surface area contributed by atoms with E-state index in [1.165, 1.54) is 17.4 Å². The predicted octanol–water partition coefficient (Wildman–Crippen LogP) is 1.50. The van der Waals surface area contributed by atoms with E-state index in [9.17, 15) is 9.59 Å². The van der Waals surface area contributed by atoms with Crippen LogP contribution < -0.4 is 10.5 Å². The van der Waals surface area contributed by atoms with Crippen molar-refractivity contribution in [3.8, 4) is 0 Å². The fourth-order valence-corrected chi connectivity index (χ4v) is 3.78. The highest BCUT2D eigenvalue weighted by Crippen LogP contribution is 2.39. The summed E-state index contributed by atoms with van der Waals surface area (Å²) >= 11 is 0. The van der Waals surface area contributed by atoms with Crippen LogP contribution >= 0.6 is 0 Å². The van der Waals surface area contributed by atoms with Crippen molar-refractivity contribution < 1.29 is 4.79 Å². The maximum Gasteiger partial charge on any atom is 0.274 e. The number of fused-ring (bicyclic) bond motifs is 1. The first-order valence-corrected chi connectivity index (χ1v) is 9.65. The van der Waals surface area contributed by atoms with Gasteiger partial charge in [-0.05, 0) is 37.1 Å². The Bertz CT molecular complexity index is 1110. The maximum absolute atomic E-state index is 12.7. The molecule has 0 atom stereocenters. The van der Waals surface area contributed by atoms with Crippen LogP contribution in [-0.4, -0.2) is 56.7 Å². The molecule has 1 N–H and O–H groups in total. The molecule has 28 heavy (non-hydrogen) atoms. The minimum atomic E-state index is -0.0449. The molecule has 5 rings (SSSR count).